The molecule has 0 bridgehead atoms. The van der Waals surface area contributed by atoms with E-state index in [1.807, 2.05) is 24.3 Å². The van der Waals surface area contributed by atoms with Crippen molar-refractivity contribution in [3.8, 4) is 0 Å². The zero-order chi connectivity index (χ0) is 19.5. The molecule has 0 saturated carbocycles. The Kier molecular flexibility index (Phi) is 7.72. The summed E-state index contributed by atoms with van der Waals surface area (Å²) < 4.78 is 23.0. The van der Waals surface area contributed by atoms with E-state index in [4.69, 9.17) is 0 Å². The van der Waals surface area contributed by atoms with Crippen LogP contribution < -0.4 is 10.6 Å². The van der Waals surface area contributed by atoms with Crippen LogP contribution in [0.1, 0.15) is 30.4 Å². The molecule has 1 unspecified atom stereocenters. The minimum atomic E-state index is -3.05. The molecule has 1 spiro atoms. The van der Waals surface area contributed by atoms with Crippen molar-refractivity contribution in [2.75, 3.05) is 32.9 Å². The summed E-state index contributed by atoms with van der Waals surface area (Å²) >= 11 is 0. The predicted molar refractivity (Wildman–Crippen MR) is 121 cm³/mol. The highest BCUT2D eigenvalue weighted by Crippen LogP contribution is 2.35. The summed E-state index contributed by atoms with van der Waals surface area (Å²) in [5.41, 5.74) is 1.82. The summed E-state index contributed by atoms with van der Waals surface area (Å²) in [5.74, 6) is 1.01. The van der Waals surface area contributed by atoms with E-state index in [0.29, 0.717) is 13.0 Å². The zero-order valence-corrected chi connectivity index (χ0v) is 19.5. The molecule has 9 heteroatoms. The van der Waals surface area contributed by atoms with Gasteiger partial charge in [-0.1, -0.05) is 24.3 Å². The van der Waals surface area contributed by atoms with Crippen LogP contribution in [0.2, 0.25) is 0 Å². The van der Waals surface area contributed by atoms with Gasteiger partial charge in [-0.2, -0.15) is 0 Å². The maximum absolute atomic E-state index is 11.7. The van der Waals surface area contributed by atoms with Gasteiger partial charge in [0.2, 0.25) is 5.91 Å². The predicted octanol–water partition coefficient (Wildman–Crippen LogP) is 1.53. The fourth-order valence-corrected chi connectivity index (χ4v) is 4.86. The van der Waals surface area contributed by atoms with E-state index in [0.717, 1.165) is 49.6 Å². The number of piperidine rings is 1. The largest absolute Gasteiger partial charge is 0.355 e. The summed E-state index contributed by atoms with van der Waals surface area (Å²) in [6.45, 7) is 3.06. The average Bonchev–Trinajstić information content (AvgIpc) is 2.94. The van der Waals surface area contributed by atoms with Crippen LogP contribution in [0.5, 0.6) is 0 Å². The first-order valence-electron chi connectivity index (χ1n) is 9.26. The van der Waals surface area contributed by atoms with Crippen molar-refractivity contribution in [1.29, 1.82) is 0 Å². The van der Waals surface area contributed by atoms with Gasteiger partial charge in [0.1, 0.15) is 0 Å². The summed E-state index contributed by atoms with van der Waals surface area (Å²) in [7, 11) is -1.28. The molecule has 1 atom stereocenters. The third-order valence-electron chi connectivity index (χ3n) is 5.24. The lowest BCUT2D eigenvalue weighted by Crippen LogP contribution is -2.51. The number of nitrogens with one attached hydrogen (secondary N) is 2. The Balaban J connectivity index is 0.00000280. The van der Waals surface area contributed by atoms with Crippen molar-refractivity contribution in [3.63, 3.8) is 0 Å². The second-order valence-corrected chi connectivity index (χ2v) is 9.91. The van der Waals surface area contributed by atoms with Gasteiger partial charge >= 0.3 is 0 Å². The molecule has 2 saturated heterocycles. The molecule has 28 heavy (non-hydrogen) atoms. The Morgan fingerprint density at radius 2 is 2.11 bits per heavy atom. The first kappa shape index (κ1) is 22.9. The summed E-state index contributed by atoms with van der Waals surface area (Å²) in [6.07, 6.45) is 3.94. The lowest BCUT2D eigenvalue weighted by atomic mass is 9.79. The summed E-state index contributed by atoms with van der Waals surface area (Å²) in [4.78, 5) is 18.3. The molecule has 0 aromatic heterocycles. The molecule has 2 heterocycles. The van der Waals surface area contributed by atoms with Crippen molar-refractivity contribution in [3.05, 3.63) is 35.4 Å². The van der Waals surface area contributed by atoms with Gasteiger partial charge in [0.15, 0.2) is 15.8 Å². The minimum absolute atomic E-state index is 0. The van der Waals surface area contributed by atoms with E-state index in [-0.39, 0.29) is 41.1 Å². The Morgan fingerprint density at radius 3 is 2.75 bits per heavy atom. The van der Waals surface area contributed by atoms with Gasteiger partial charge < -0.3 is 15.5 Å². The number of amides is 1. The van der Waals surface area contributed by atoms with Crippen LogP contribution in [-0.4, -0.2) is 58.1 Å². The van der Waals surface area contributed by atoms with E-state index < -0.39 is 9.84 Å². The van der Waals surface area contributed by atoms with Crippen LogP contribution in [0.3, 0.4) is 0 Å². The van der Waals surface area contributed by atoms with Crippen molar-refractivity contribution >= 4 is 45.7 Å². The SMILES string of the molecule is CN=C(NCc1cccc(CS(C)(=O)=O)c1)N1CCCC2(CNC(=O)C2)C1.I. The number of carbonyl (C=O) groups excluding carboxylic acids is 1. The van der Waals surface area contributed by atoms with E-state index in [9.17, 15) is 13.2 Å². The highest BCUT2D eigenvalue weighted by Gasteiger charge is 2.42. The number of hydrogen-bond acceptors (Lipinski definition) is 4. The second kappa shape index (κ2) is 9.43. The number of sulfone groups is 1. The lowest BCUT2D eigenvalue weighted by Gasteiger charge is -2.40. The first-order valence-corrected chi connectivity index (χ1v) is 11.3. The number of guanidine groups is 1. The fourth-order valence-electron chi connectivity index (χ4n) is 4.07. The number of nitrogens with zero attached hydrogens (tertiary/aromatic N) is 2. The van der Waals surface area contributed by atoms with Gasteiger partial charge in [-0.15, -0.1) is 24.0 Å². The fraction of sp³-hybridized carbons (Fsp3) is 0.579. The van der Waals surface area contributed by atoms with Crippen LogP contribution in [0, 0.1) is 5.41 Å². The van der Waals surface area contributed by atoms with Gasteiger partial charge in [0, 0.05) is 51.3 Å². The highest BCUT2D eigenvalue weighted by molar-refractivity contribution is 14.0. The molecule has 0 aliphatic carbocycles. The zero-order valence-electron chi connectivity index (χ0n) is 16.4. The van der Waals surface area contributed by atoms with Gasteiger partial charge in [0.25, 0.3) is 0 Å². The Bertz CT molecular complexity index is 843. The molecule has 1 aromatic rings. The molecular weight excluding hydrogens is 491 g/mol. The van der Waals surface area contributed by atoms with Crippen LogP contribution in [0.15, 0.2) is 29.3 Å². The Labute approximate surface area is 184 Å². The number of carbonyl (C=O) groups is 1. The number of benzene rings is 1. The van der Waals surface area contributed by atoms with E-state index in [1.165, 1.54) is 6.26 Å². The maximum atomic E-state index is 11.7. The second-order valence-electron chi connectivity index (χ2n) is 7.77. The quantitative estimate of drug-likeness (QED) is 0.357. The monoisotopic (exact) mass is 520 g/mol. The van der Waals surface area contributed by atoms with Gasteiger partial charge in [-0.3, -0.25) is 9.79 Å². The highest BCUT2D eigenvalue weighted by atomic mass is 127. The van der Waals surface area contributed by atoms with Gasteiger partial charge in [-0.05, 0) is 24.0 Å². The van der Waals surface area contributed by atoms with Crippen LogP contribution >= 0.6 is 24.0 Å². The molecule has 2 fully saturated rings. The van der Waals surface area contributed by atoms with Crippen molar-refractivity contribution < 1.29 is 13.2 Å². The number of aliphatic imine (C=N–C) groups is 1. The summed E-state index contributed by atoms with van der Waals surface area (Å²) in [6, 6.07) is 7.60. The summed E-state index contributed by atoms with van der Waals surface area (Å²) in [5, 5.41) is 6.35. The van der Waals surface area contributed by atoms with Crippen molar-refractivity contribution in [2.45, 2.75) is 31.6 Å². The molecule has 0 radical (unpaired) electrons. The van der Waals surface area contributed by atoms with Crippen LogP contribution in [-0.2, 0) is 26.9 Å². The topological polar surface area (TPSA) is 90.9 Å². The van der Waals surface area contributed by atoms with Crippen LogP contribution in [0.25, 0.3) is 0 Å². The maximum Gasteiger partial charge on any atom is 0.220 e. The minimum Gasteiger partial charge on any atom is -0.355 e. The normalized spacial score (nSPS) is 22.7. The lowest BCUT2D eigenvalue weighted by molar-refractivity contribution is -0.119. The molecule has 2 aliphatic rings. The standard InChI is InChI=1S/C19H28N4O3S.HI/c1-20-18(23-8-4-7-19(14-23)10-17(24)22-13-19)21-11-15-5-3-6-16(9-15)12-27(2,25)26;/h3,5-6,9H,4,7-8,10-14H2,1-2H3,(H,20,21)(H,22,24);1H. The molecular formula is C19H29IN4O3S. The third kappa shape index (κ3) is 6.07. The molecule has 1 aromatic carbocycles. The number of halogens is 1. The molecule has 7 nitrogen and oxygen atoms in total. The van der Waals surface area contributed by atoms with E-state index >= 15 is 0 Å². The van der Waals surface area contributed by atoms with Crippen LogP contribution in [0.4, 0.5) is 0 Å². The molecule has 1 amide bonds. The third-order valence-corrected chi connectivity index (χ3v) is 6.10. The van der Waals surface area contributed by atoms with Gasteiger partial charge in [-0.25, -0.2) is 8.42 Å². The first-order chi connectivity index (χ1) is 12.8. The Hall–Kier alpha value is -1.36. The molecule has 2 N–H and O–H groups in total. The smallest absolute Gasteiger partial charge is 0.220 e. The number of rotatable bonds is 4. The Morgan fingerprint density at radius 1 is 1.36 bits per heavy atom. The molecule has 156 valence electrons. The molecule has 3 rings (SSSR count). The number of hydrogen-bond donors (Lipinski definition) is 2. The molecule has 2 aliphatic heterocycles. The number of likely N-dealkylation sites (tertiary alicyclic amines) is 1. The van der Waals surface area contributed by atoms with Crippen molar-refractivity contribution in [2.24, 2.45) is 10.4 Å². The van der Waals surface area contributed by atoms with Gasteiger partial charge in [0.05, 0.1) is 5.75 Å². The van der Waals surface area contributed by atoms with E-state index in [1.54, 1.807) is 7.05 Å². The van der Waals surface area contributed by atoms with Crippen molar-refractivity contribution in [1.82, 2.24) is 15.5 Å². The van der Waals surface area contributed by atoms with E-state index in [2.05, 4.69) is 20.5 Å². The average molecular weight is 520 g/mol.